The van der Waals surface area contributed by atoms with Crippen molar-refractivity contribution in [2.45, 2.75) is 5.92 Å². The zero-order valence-corrected chi connectivity index (χ0v) is 10.1. The Labute approximate surface area is 110 Å². The first-order valence-electron chi connectivity index (χ1n) is 6.00. The predicted octanol–water partition coefficient (Wildman–Crippen LogP) is 3.12. The van der Waals surface area contributed by atoms with Gasteiger partial charge >= 0.3 is 0 Å². The summed E-state index contributed by atoms with van der Waals surface area (Å²) in [7, 11) is 0. The molecule has 1 N–H and O–H groups in total. The molecule has 0 saturated heterocycles. The second-order valence-corrected chi connectivity index (χ2v) is 4.22. The van der Waals surface area contributed by atoms with Gasteiger partial charge in [0.15, 0.2) is 0 Å². The Morgan fingerprint density at radius 3 is 2.58 bits per heavy atom. The third-order valence-corrected chi connectivity index (χ3v) is 3.03. The van der Waals surface area contributed by atoms with Gasteiger partial charge in [-0.15, -0.1) is 0 Å². The van der Waals surface area contributed by atoms with Crippen molar-refractivity contribution in [1.29, 1.82) is 0 Å². The SMILES string of the molecule is Fc1ccccc1C(c1ccccn1)c1cnc[nH]1. The number of nitrogens with zero attached hydrogens (tertiary/aromatic N) is 2. The smallest absolute Gasteiger partial charge is 0.127 e. The van der Waals surface area contributed by atoms with Crippen molar-refractivity contribution < 1.29 is 4.39 Å². The Kier molecular flexibility index (Phi) is 3.06. The number of hydrogen-bond donors (Lipinski definition) is 1. The lowest BCUT2D eigenvalue weighted by molar-refractivity contribution is 0.603. The quantitative estimate of drug-likeness (QED) is 0.779. The molecule has 0 aliphatic heterocycles. The molecule has 1 unspecified atom stereocenters. The second-order valence-electron chi connectivity index (χ2n) is 4.22. The minimum atomic E-state index is -0.273. The zero-order valence-electron chi connectivity index (χ0n) is 10.1. The van der Waals surface area contributed by atoms with Crippen molar-refractivity contribution >= 4 is 0 Å². The Morgan fingerprint density at radius 2 is 1.89 bits per heavy atom. The molecule has 0 amide bonds. The van der Waals surface area contributed by atoms with E-state index in [1.54, 1.807) is 30.9 Å². The Morgan fingerprint density at radius 1 is 1.05 bits per heavy atom. The molecule has 19 heavy (non-hydrogen) atoms. The fourth-order valence-corrected chi connectivity index (χ4v) is 2.17. The van der Waals surface area contributed by atoms with Crippen molar-refractivity contribution in [2.75, 3.05) is 0 Å². The van der Waals surface area contributed by atoms with Crippen LogP contribution in [-0.4, -0.2) is 15.0 Å². The van der Waals surface area contributed by atoms with E-state index in [4.69, 9.17) is 0 Å². The van der Waals surface area contributed by atoms with E-state index >= 15 is 0 Å². The van der Waals surface area contributed by atoms with Gasteiger partial charge in [0, 0.05) is 23.7 Å². The van der Waals surface area contributed by atoms with E-state index in [2.05, 4.69) is 15.0 Å². The molecule has 3 nitrogen and oxygen atoms in total. The van der Waals surface area contributed by atoms with Crippen LogP contribution in [0.1, 0.15) is 22.9 Å². The number of H-pyrrole nitrogens is 1. The van der Waals surface area contributed by atoms with E-state index in [-0.39, 0.29) is 11.7 Å². The van der Waals surface area contributed by atoms with Crippen LogP contribution in [0.3, 0.4) is 0 Å². The van der Waals surface area contributed by atoms with E-state index in [1.165, 1.54) is 6.07 Å². The zero-order chi connectivity index (χ0) is 13.1. The molecular weight excluding hydrogens is 241 g/mol. The van der Waals surface area contributed by atoms with E-state index in [9.17, 15) is 4.39 Å². The first-order valence-corrected chi connectivity index (χ1v) is 6.00. The molecular formula is C15H12FN3. The molecule has 94 valence electrons. The highest BCUT2D eigenvalue weighted by Gasteiger charge is 2.21. The predicted molar refractivity (Wildman–Crippen MR) is 70.2 cm³/mol. The van der Waals surface area contributed by atoms with Gasteiger partial charge in [-0.2, -0.15) is 0 Å². The number of benzene rings is 1. The average Bonchev–Trinajstić information content (AvgIpc) is 2.96. The molecule has 0 bridgehead atoms. The molecule has 0 fully saturated rings. The van der Waals surface area contributed by atoms with Crippen LogP contribution in [0.5, 0.6) is 0 Å². The Bertz CT molecular complexity index is 650. The molecule has 4 heteroatoms. The van der Waals surface area contributed by atoms with Crippen molar-refractivity contribution in [3.63, 3.8) is 0 Å². The summed E-state index contributed by atoms with van der Waals surface area (Å²) >= 11 is 0. The topological polar surface area (TPSA) is 41.6 Å². The normalized spacial score (nSPS) is 12.3. The maximum Gasteiger partial charge on any atom is 0.127 e. The van der Waals surface area contributed by atoms with Crippen LogP contribution in [0, 0.1) is 5.82 Å². The molecule has 3 rings (SSSR count). The molecule has 0 radical (unpaired) electrons. The molecule has 0 aliphatic carbocycles. The fraction of sp³-hybridized carbons (Fsp3) is 0.0667. The summed E-state index contributed by atoms with van der Waals surface area (Å²) < 4.78 is 14.1. The van der Waals surface area contributed by atoms with Crippen LogP contribution in [0.25, 0.3) is 0 Å². The minimum Gasteiger partial charge on any atom is -0.348 e. The number of aromatic nitrogens is 3. The van der Waals surface area contributed by atoms with Gasteiger partial charge in [-0.1, -0.05) is 24.3 Å². The van der Waals surface area contributed by atoms with Gasteiger partial charge in [0.25, 0.3) is 0 Å². The first kappa shape index (κ1) is 11.6. The summed E-state index contributed by atoms with van der Waals surface area (Å²) in [4.78, 5) is 11.4. The molecule has 0 spiro atoms. The minimum absolute atomic E-state index is 0.243. The maximum atomic E-state index is 14.1. The summed E-state index contributed by atoms with van der Waals surface area (Å²) in [6.07, 6.45) is 5.00. The first-order chi connectivity index (χ1) is 9.36. The molecule has 0 aliphatic rings. The van der Waals surface area contributed by atoms with Gasteiger partial charge in [0.05, 0.1) is 17.9 Å². The number of hydrogen-bond acceptors (Lipinski definition) is 2. The number of nitrogens with one attached hydrogen (secondary N) is 1. The summed E-state index contributed by atoms with van der Waals surface area (Å²) in [5.41, 5.74) is 2.20. The molecule has 2 heterocycles. The van der Waals surface area contributed by atoms with Gasteiger partial charge in [-0.05, 0) is 18.2 Å². The average molecular weight is 253 g/mol. The lowest BCUT2D eigenvalue weighted by atomic mass is 9.92. The summed E-state index contributed by atoms with van der Waals surface area (Å²) in [6.45, 7) is 0. The number of aromatic amines is 1. The Balaban J connectivity index is 2.16. The molecule has 3 aromatic rings. The van der Waals surface area contributed by atoms with E-state index < -0.39 is 0 Å². The summed E-state index contributed by atoms with van der Waals surface area (Å²) in [5.74, 6) is -0.516. The molecule has 1 atom stereocenters. The highest BCUT2D eigenvalue weighted by atomic mass is 19.1. The number of rotatable bonds is 3. The van der Waals surface area contributed by atoms with Gasteiger partial charge in [0.2, 0.25) is 0 Å². The van der Waals surface area contributed by atoms with Crippen molar-refractivity contribution in [3.8, 4) is 0 Å². The lowest BCUT2D eigenvalue weighted by Gasteiger charge is -2.16. The van der Waals surface area contributed by atoms with Crippen molar-refractivity contribution in [2.24, 2.45) is 0 Å². The van der Waals surface area contributed by atoms with Gasteiger partial charge < -0.3 is 4.98 Å². The van der Waals surface area contributed by atoms with Crippen LogP contribution >= 0.6 is 0 Å². The van der Waals surface area contributed by atoms with Gasteiger partial charge in [-0.3, -0.25) is 4.98 Å². The maximum absolute atomic E-state index is 14.1. The molecule has 1 aromatic carbocycles. The number of halogens is 1. The standard InChI is InChI=1S/C15H12FN3/c16-12-6-2-1-5-11(12)15(14-9-17-10-19-14)13-7-3-4-8-18-13/h1-10,15H,(H,17,19). The molecule has 2 aromatic heterocycles. The van der Waals surface area contributed by atoms with Gasteiger partial charge in [-0.25, -0.2) is 9.37 Å². The fourth-order valence-electron chi connectivity index (χ4n) is 2.17. The monoisotopic (exact) mass is 253 g/mol. The van der Waals surface area contributed by atoms with E-state index in [1.807, 2.05) is 24.3 Å². The molecule has 0 saturated carbocycles. The highest BCUT2D eigenvalue weighted by Crippen LogP contribution is 2.30. The van der Waals surface area contributed by atoms with Crippen LogP contribution in [0.4, 0.5) is 4.39 Å². The summed E-state index contributed by atoms with van der Waals surface area (Å²) in [6, 6.07) is 12.4. The van der Waals surface area contributed by atoms with Crippen LogP contribution in [0.2, 0.25) is 0 Å². The van der Waals surface area contributed by atoms with E-state index in [0.717, 1.165) is 11.4 Å². The van der Waals surface area contributed by atoms with Crippen LogP contribution in [-0.2, 0) is 0 Å². The summed E-state index contributed by atoms with van der Waals surface area (Å²) in [5, 5.41) is 0. The largest absolute Gasteiger partial charge is 0.348 e. The van der Waals surface area contributed by atoms with Gasteiger partial charge in [0.1, 0.15) is 5.82 Å². The van der Waals surface area contributed by atoms with Crippen molar-refractivity contribution in [1.82, 2.24) is 15.0 Å². The third-order valence-electron chi connectivity index (χ3n) is 3.03. The number of pyridine rings is 1. The number of imidazole rings is 1. The second kappa shape index (κ2) is 5.02. The van der Waals surface area contributed by atoms with Crippen LogP contribution < -0.4 is 0 Å². The van der Waals surface area contributed by atoms with E-state index in [0.29, 0.717) is 5.56 Å². The third kappa shape index (κ3) is 2.25. The Hall–Kier alpha value is -2.49. The van der Waals surface area contributed by atoms with Crippen molar-refractivity contribution in [3.05, 3.63) is 84.0 Å². The van der Waals surface area contributed by atoms with Crippen LogP contribution in [0.15, 0.2) is 61.2 Å². The highest BCUT2D eigenvalue weighted by molar-refractivity contribution is 5.37. The lowest BCUT2D eigenvalue weighted by Crippen LogP contribution is -2.07.